The van der Waals surface area contributed by atoms with Crippen molar-refractivity contribution in [3.8, 4) is 0 Å². The smallest absolute Gasteiger partial charge is 0.120 e. The molecule has 1 aliphatic rings. The van der Waals surface area contributed by atoms with Gasteiger partial charge in [-0.3, -0.25) is 4.90 Å². The molecule has 2 atom stereocenters. The van der Waals surface area contributed by atoms with Gasteiger partial charge in [-0.1, -0.05) is 36.4 Å². The van der Waals surface area contributed by atoms with E-state index in [1.807, 2.05) is 12.1 Å². The van der Waals surface area contributed by atoms with Gasteiger partial charge in [0.1, 0.15) is 6.29 Å². The lowest BCUT2D eigenvalue weighted by molar-refractivity contribution is -0.108. The molecule has 1 aromatic carbocycles. The van der Waals surface area contributed by atoms with Crippen LogP contribution in [0.3, 0.4) is 0 Å². The van der Waals surface area contributed by atoms with Crippen LogP contribution in [0.15, 0.2) is 43.0 Å². The molecule has 1 saturated heterocycles. The predicted octanol–water partition coefficient (Wildman–Crippen LogP) is 2.51. The molecular weight excluding hydrogens is 210 g/mol. The van der Waals surface area contributed by atoms with Crippen molar-refractivity contribution in [3.05, 3.63) is 48.6 Å². The molecule has 17 heavy (non-hydrogen) atoms. The molecule has 90 valence electrons. The van der Waals surface area contributed by atoms with Crippen molar-refractivity contribution in [1.29, 1.82) is 0 Å². The molecule has 1 fully saturated rings. The highest BCUT2D eigenvalue weighted by Crippen LogP contribution is 2.27. The van der Waals surface area contributed by atoms with Gasteiger partial charge in [0.05, 0.1) is 0 Å². The average Bonchev–Trinajstić information content (AvgIpc) is 2.73. The SMILES string of the molecule is C=C[C@H]1CN(Cc2ccccc2)C[C@H]1CC=O. The fourth-order valence-corrected chi connectivity index (χ4v) is 2.60. The van der Waals surface area contributed by atoms with Crippen LogP contribution in [0.5, 0.6) is 0 Å². The number of hydrogen-bond donors (Lipinski definition) is 0. The van der Waals surface area contributed by atoms with Gasteiger partial charge in [-0.15, -0.1) is 6.58 Å². The Morgan fingerprint density at radius 2 is 2.06 bits per heavy atom. The van der Waals surface area contributed by atoms with E-state index >= 15 is 0 Å². The molecule has 0 aliphatic carbocycles. The van der Waals surface area contributed by atoms with Crippen LogP contribution in [0.2, 0.25) is 0 Å². The highest BCUT2D eigenvalue weighted by molar-refractivity contribution is 5.50. The molecule has 0 aromatic heterocycles. The van der Waals surface area contributed by atoms with Gasteiger partial charge in [-0.2, -0.15) is 0 Å². The lowest BCUT2D eigenvalue weighted by atomic mass is 9.94. The highest BCUT2D eigenvalue weighted by Gasteiger charge is 2.29. The zero-order valence-electron chi connectivity index (χ0n) is 10.1. The molecular formula is C15H19NO. The van der Waals surface area contributed by atoms with E-state index in [0.717, 1.165) is 25.9 Å². The summed E-state index contributed by atoms with van der Waals surface area (Å²) in [5, 5.41) is 0. The first-order valence-electron chi connectivity index (χ1n) is 6.16. The van der Waals surface area contributed by atoms with E-state index in [1.165, 1.54) is 5.56 Å². The number of carbonyl (C=O) groups excluding carboxylic acids is 1. The van der Waals surface area contributed by atoms with E-state index in [2.05, 4.69) is 35.7 Å². The summed E-state index contributed by atoms with van der Waals surface area (Å²) >= 11 is 0. The van der Waals surface area contributed by atoms with Crippen LogP contribution in [0.1, 0.15) is 12.0 Å². The molecule has 2 rings (SSSR count). The second-order valence-corrected chi connectivity index (χ2v) is 4.74. The van der Waals surface area contributed by atoms with Crippen LogP contribution in [-0.4, -0.2) is 24.3 Å². The topological polar surface area (TPSA) is 20.3 Å². The monoisotopic (exact) mass is 229 g/mol. The van der Waals surface area contributed by atoms with Crippen LogP contribution < -0.4 is 0 Å². The number of benzene rings is 1. The summed E-state index contributed by atoms with van der Waals surface area (Å²) < 4.78 is 0. The second-order valence-electron chi connectivity index (χ2n) is 4.74. The van der Waals surface area contributed by atoms with Gasteiger partial charge in [-0.05, 0) is 17.4 Å². The Kier molecular flexibility index (Phi) is 4.10. The van der Waals surface area contributed by atoms with Gasteiger partial charge in [0.25, 0.3) is 0 Å². The summed E-state index contributed by atoms with van der Waals surface area (Å²) in [7, 11) is 0. The number of rotatable bonds is 5. The fourth-order valence-electron chi connectivity index (χ4n) is 2.60. The zero-order chi connectivity index (χ0) is 12.1. The number of likely N-dealkylation sites (tertiary alicyclic amines) is 1. The van der Waals surface area contributed by atoms with Crippen LogP contribution in [-0.2, 0) is 11.3 Å². The fraction of sp³-hybridized carbons (Fsp3) is 0.400. The summed E-state index contributed by atoms with van der Waals surface area (Å²) in [5.41, 5.74) is 1.34. The van der Waals surface area contributed by atoms with Crippen LogP contribution >= 0.6 is 0 Å². The Balaban J connectivity index is 1.96. The Bertz CT molecular complexity index is 374. The van der Waals surface area contributed by atoms with Crippen molar-refractivity contribution < 1.29 is 4.79 Å². The lowest BCUT2D eigenvalue weighted by Crippen LogP contribution is -2.20. The molecule has 2 nitrogen and oxygen atoms in total. The molecule has 0 amide bonds. The molecule has 0 N–H and O–H groups in total. The molecule has 0 spiro atoms. The van der Waals surface area contributed by atoms with Crippen molar-refractivity contribution in [1.82, 2.24) is 4.90 Å². The summed E-state index contributed by atoms with van der Waals surface area (Å²) in [6, 6.07) is 10.5. The molecule has 1 aromatic rings. The Labute approximate surface area is 103 Å². The molecule has 1 aliphatic heterocycles. The Morgan fingerprint density at radius 3 is 2.71 bits per heavy atom. The molecule has 0 unspecified atom stereocenters. The first-order valence-corrected chi connectivity index (χ1v) is 6.16. The minimum Gasteiger partial charge on any atom is -0.303 e. The molecule has 0 saturated carbocycles. The number of carbonyl (C=O) groups is 1. The predicted molar refractivity (Wildman–Crippen MR) is 69.6 cm³/mol. The third-order valence-electron chi connectivity index (χ3n) is 3.52. The number of aldehydes is 1. The summed E-state index contributed by atoms with van der Waals surface area (Å²) in [6.45, 7) is 6.88. The van der Waals surface area contributed by atoms with E-state index < -0.39 is 0 Å². The van der Waals surface area contributed by atoms with Crippen LogP contribution in [0, 0.1) is 11.8 Å². The first kappa shape index (κ1) is 12.1. The van der Waals surface area contributed by atoms with Gasteiger partial charge < -0.3 is 4.79 Å². The van der Waals surface area contributed by atoms with Crippen LogP contribution in [0.25, 0.3) is 0 Å². The van der Waals surface area contributed by atoms with Gasteiger partial charge in [0, 0.05) is 26.1 Å². The van der Waals surface area contributed by atoms with Crippen molar-refractivity contribution in [3.63, 3.8) is 0 Å². The second kappa shape index (κ2) is 5.78. The minimum atomic E-state index is 0.453. The average molecular weight is 229 g/mol. The van der Waals surface area contributed by atoms with E-state index in [1.54, 1.807) is 0 Å². The van der Waals surface area contributed by atoms with Gasteiger partial charge in [0.2, 0.25) is 0 Å². The van der Waals surface area contributed by atoms with Crippen molar-refractivity contribution in [2.75, 3.05) is 13.1 Å². The van der Waals surface area contributed by atoms with E-state index in [9.17, 15) is 4.79 Å². The Hall–Kier alpha value is -1.41. The maximum atomic E-state index is 10.6. The highest BCUT2D eigenvalue weighted by atomic mass is 16.1. The van der Waals surface area contributed by atoms with E-state index in [-0.39, 0.29) is 0 Å². The number of nitrogens with zero attached hydrogens (tertiary/aromatic N) is 1. The van der Waals surface area contributed by atoms with Gasteiger partial charge in [-0.25, -0.2) is 0 Å². The van der Waals surface area contributed by atoms with Gasteiger partial charge in [0.15, 0.2) is 0 Å². The first-order chi connectivity index (χ1) is 8.33. The third kappa shape index (κ3) is 3.04. The van der Waals surface area contributed by atoms with Crippen molar-refractivity contribution in [2.45, 2.75) is 13.0 Å². The van der Waals surface area contributed by atoms with Crippen molar-refractivity contribution >= 4 is 6.29 Å². The van der Waals surface area contributed by atoms with Crippen LogP contribution in [0.4, 0.5) is 0 Å². The summed E-state index contributed by atoms with van der Waals surface area (Å²) in [5.74, 6) is 0.914. The molecule has 2 heteroatoms. The quantitative estimate of drug-likeness (QED) is 0.571. The maximum absolute atomic E-state index is 10.6. The zero-order valence-corrected chi connectivity index (χ0v) is 10.1. The maximum Gasteiger partial charge on any atom is 0.120 e. The lowest BCUT2D eigenvalue weighted by Gasteiger charge is -2.15. The Morgan fingerprint density at radius 1 is 1.29 bits per heavy atom. The van der Waals surface area contributed by atoms with E-state index in [4.69, 9.17) is 0 Å². The van der Waals surface area contributed by atoms with E-state index in [0.29, 0.717) is 18.3 Å². The molecule has 0 bridgehead atoms. The summed E-state index contributed by atoms with van der Waals surface area (Å²) in [6.07, 6.45) is 3.69. The minimum absolute atomic E-state index is 0.453. The molecule has 1 heterocycles. The van der Waals surface area contributed by atoms with Crippen molar-refractivity contribution in [2.24, 2.45) is 11.8 Å². The number of hydrogen-bond acceptors (Lipinski definition) is 2. The largest absolute Gasteiger partial charge is 0.303 e. The molecule has 0 radical (unpaired) electrons. The van der Waals surface area contributed by atoms with Gasteiger partial charge >= 0.3 is 0 Å². The third-order valence-corrected chi connectivity index (χ3v) is 3.52. The summed E-state index contributed by atoms with van der Waals surface area (Å²) in [4.78, 5) is 13.0. The standard InChI is InChI=1S/C15H19NO/c1-2-14-11-16(12-15(14)8-9-17)10-13-6-4-3-5-7-13/h2-7,9,14-15H,1,8,10-12H2/t14-,15+/m0/s1. The normalized spacial score (nSPS) is 24.7.